The van der Waals surface area contributed by atoms with Gasteiger partial charge >= 0.3 is 0 Å². The van der Waals surface area contributed by atoms with E-state index < -0.39 is 0 Å². The molecule has 26 heavy (non-hydrogen) atoms. The van der Waals surface area contributed by atoms with Crippen LogP contribution in [0.25, 0.3) is 11.3 Å². The Kier molecular flexibility index (Phi) is 5.91. The third-order valence-corrected chi connectivity index (χ3v) is 4.45. The predicted molar refractivity (Wildman–Crippen MR) is 108 cm³/mol. The second-order valence-electron chi connectivity index (χ2n) is 5.90. The molecule has 0 saturated carbocycles. The largest absolute Gasteiger partial charge is 0.352 e. The lowest BCUT2D eigenvalue weighted by atomic mass is 10.2. The maximum atomic E-state index is 6.26. The van der Waals surface area contributed by atoms with Crippen LogP contribution in [0.5, 0.6) is 0 Å². The van der Waals surface area contributed by atoms with E-state index in [1.807, 2.05) is 18.2 Å². The normalized spacial score (nSPS) is 11.8. The second kappa shape index (κ2) is 8.34. The summed E-state index contributed by atoms with van der Waals surface area (Å²) in [6.07, 6.45) is 4.44. The van der Waals surface area contributed by atoms with Crippen LogP contribution >= 0.6 is 23.2 Å². The lowest BCUT2D eigenvalue weighted by molar-refractivity contribution is 0.753. The Balaban J connectivity index is 2.00. The van der Waals surface area contributed by atoms with Crippen molar-refractivity contribution in [2.75, 3.05) is 10.6 Å². The number of nitrogens with one attached hydrogen (secondary N) is 2. The van der Waals surface area contributed by atoms with Gasteiger partial charge in [-0.3, -0.25) is 4.98 Å². The zero-order chi connectivity index (χ0) is 18.5. The lowest BCUT2D eigenvalue weighted by Crippen LogP contribution is -2.16. The van der Waals surface area contributed by atoms with Crippen molar-refractivity contribution in [2.24, 2.45) is 0 Å². The Labute approximate surface area is 162 Å². The van der Waals surface area contributed by atoms with E-state index in [2.05, 4.69) is 39.4 Å². The monoisotopic (exact) mass is 387 g/mol. The summed E-state index contributed by atoms with van der Waals surface area (Å²) in [5.41, 5.74) is 2.43. The molecule has 0 saturated heterocycles. The lowest BCUT2D eigenvalue weighted by Gasteiger charge is -2.15. The molecule has 0 unspecified atom stereocenters. The van der Waals surface area contributed by atoms with Crippen LogP contribution in [0.3, 0.4) is 0 Å². The van der Waals surface area contributed by atoms with Gasteiger partial charge in [0.1, 0.15) is 5.82 Å². The fourth-order valence-corrected chi connectivity index (χ4v) is 2.64. The molecule has 3 aromatic rings. The molecule has 2 N–H and O–H groups in total. The fourth-order valence-electron chi connectivity index (χ4n) is 2.30. The number of halogens is 2. The van der Waals surface area contributed by atoms with Crippen molar-refractivity contribution in [3.8, 4) is 11.3 Å². The first kappa shape index (κ1) is 18.4. The smallest absolute Gasteiger partial charge is 0.225 e. The van der Waals surface area contributed by atoms with Crippen molar-refractivity contribution in [3.63, 3.8) is 0 Å². The Morgan fingerprint density at radius 2 is 1.81 bits per heavy atom. The van der Waals surface area contributed by atoms with Gasteiger partial charge in [0.15, 0.2) is 0 Å². The van der Waals surface area contributed by atoms with Crippen LogP contribution < -0.4 is 10.6 Å². The first-order chi connectivity index (χ1) is 12.5. The van der Waals surface area contributed by atoms with Crippen LogP contribution in [0.4, 0.5) is 17.5 Å². The molecule has 5 nitrogen and oxygen atoms in total. The highest BCUT2D eigenvalue weighted by Gasteiger charge is 2.10. The van der Waals surface area contributed by atoms with Gasteiger partial charge in [-0.2, -0.15) is 4.98 Å². The van der Waals surface area contributed by atoms with E-state index in [1.54, 1.807) is 30.6 Å². The molecule has 2 heterocycles. The minimum absolute atomic E-state index is 0.255. The van der Waals surface area contributed by atoms with Crippen LogP contribution in [-0.4, -0.2) is 21.0 Å². The number of anilines is 3. The van der Waals surface area contributed by atoms with E-state index >= 15 is 0 Å². The Morgan fingerprint density at radius 1 is 1.04 bits per heavy atom. The van der Waals surface area contributed by atoms with Gasteiger partial charge in [0, 0.05) is 35.1 Å². The van der Waals surface area contributed by atoms with E-state index in [4.69, 9.17) is 23.2 Å². The molecule has 0 fully saturated rings. The van der Waals surface area contributed by atoms with Crippen molar-refractivity contribution in [1.82, 2.24) is 15.0 Å². The molecular weight excluding hydrogens is 369 g/mol. The molecule has 2 aromatic heterocycles. The van der Waals surface area contributed by atoms with Crippen molar-refractivity contribution < 1.29 is 0 Å². The van der Waals surface area contributed by atoms with E-state index in [1.165, 1.54) is 0 Å². The first-order valence-corrected chi connectivity index (χ1v) is 9.09. The molecule has 134 valence electrons. The minimum Gasteiger partial charge on any atom is -0.352 e. The highest BCUT2D eigenvalue weighted by molar-refractivity contribution is 6.35. The Hall–Kier alpha value is -2.37. The van der Waals surface area contributed by atoms with Gasteiger partial charge in [-0.05, 0) is 43.7 Å². The average Bonchev–Trinajstić information content (AvgIpc) is 2.65. The van der Waals surface area contributed by atoms with Crippen molar-refractivity contribution in [1.29, 1.82) is 0 Å². The summed E-state index contributed by atoms with van der Waals surface area (Å²) in [6, 6.07) is 11.2. The molecule has 7 heteroatoms. The highest BCUT2D eigenvalue weighted by Crippen LogP contribution is 2.29. The number of aromatic nitrogens is 3. The molecule has 3 rings (SSSR count). The van der Waals surface area contributed by atoms with E-state index in [0.717, 1.165) is 17.7 Å². The van der Waals surface area contributed by atoms with Crippen molar-refractivity contribution >= 4 is 40.7 Å². The number of pyridine rings is 1. The van der Waals surface area contributed by atoms with Gasteiger partial charge in [-0.15, -0.1) is 0 Å². The number of nitrogens with zero attached hydrogens (tertiary/aromatic N) is 3. The first-order valence-electron chi connectivity index (χ1n) is 8.33. The molecule has 1 atom stereocenters. The molecule has 0 radical (unpaired) electrons. The topological polar surface area (TPSA) is 62.7 Å². The molecule has 0 aliphatic heterocycles. The summed E-state index contributed by atoms with van der Waals surface area (Å²) in [5.74, 6) is 1.18. The van der Waals surface area contributed by atoms with Crippen molar-refractivity contribution in [2.45, 2.75) is 26.3 Å². The number of benzene rings is 1. The van der Waals surface area contributed by atoms with Crippen LogP contribution in [0.1, 0.15) is 20.3 Å². The van der Waals surface area contributed by atoms with Gasteiger partial charge in [0.25, 0.3) is 0 Å². The standard InChI is InChI=1S/C19H19Cl2N5/c1-3-12(2)23-19-25-16(13-6-8-22-9-7-13)11-18(26-19)24-17-10-14(20)4-5-15(17)21/h4-12H,3H2,1-2H3,(H2,23,24,25,26)/t12-/m1/s1. The zero-order valence-corrected chi connectivity index (χ0v) is 16.0. The molecule has 0 bridgehead atoms. The summed E-state index contributed by atoms with van der Waals surface area (Å²) < 4.78 is 0. The van der Waals surface area contributed by atoms with Crippen LogP contribution in [0.2, 0.25) is 10.0 Å². The molecule has 0 aliphatic carbocycles. The van der Waals surface area contributed by atoms with Crippen molar-refractivity contribution in [3.05, 3.63) is 58.8 Å². The molecular formula is C19H19Cl2N5. The maximum Gasteiger partial charge on any atom is 0.225 e. The van der Waals surface area contributed by atoms with Gasteiger partial charge in [0.05, 0.1) is 16.4 Å². The van der Waals surface area contributed by atoms with E-state index in [9.17, 15) is 0 Å². The molecule has 0 amide bonds. The Bertz CT molecular complexity index is 886. The zero-order valence-electron chi connectivity index (χ0n) is 14.5. The number of rotatable bonds is 6. The molecule has 0 spiro atoms. The van der Waals surface area contributed by atoms with Crippen LogP contribution in [0.15, 0.2) is 48.8 Å². The quantitative estimate of drug-likeness (QED) is 0.559. The van der Waals surface area contributed by atoms with E-state index in [-0.39, 0.29) is 6.04 Å². The Morgan fingerprint density at radius 3 is 2.54 bits per heavy atom. The third-order valence-electron chi connectivity index (χ3n) is 3.88. The minimum atomic E-state index is 0.255. The fraction of sp³-hybridized carbons (Fsp3) is 0.211. The molecule has 1 aromatic carbocycles. The number of hydrogen-bond acceptors (Lipinski definition) is 5. The maximum absolute atomic E-state index is 6.26. The second-order valence-corrected chi connectivity index (χ2v) is 6.74. The van der Waals surface area contributed by atoms with Gasteiger partial charge in [-0.1, -0.05) is 30.1 Å². The molecule has 0 aliphatic rings. The van der Waals surface area contributed by atoms with Crippen LogP contribution in [-0.2, 0) is 0 Å². The highest BCUT2D eigenvalue weighted by atomic mass is 35.5. The number of hydrogen-bond donors (Lipinski definition) is 2. The van der Waals surface area contributed by atoms with E-state index in [0.29, 0.717) is 27.5 Å². The summed E-state index contributed by atoms with van der Waals surface area (Å²) in [4.78, 5) is 13.2. The average molecular weight is 388 g/mol. The summed E-state index contributed by atoms with van der Waals surface area (Å²) in [6.45, 7) is 4.19. The predicted octanol–water partition coefficient (Wildman–Crippen LogP) is 5.80. The summed E-state index contributed by atoms with van der Waals surface area (Å²) in [7, 11) is 0. The summed E-state index contributed by atoms with van der Waals surface area (Å²) in [5, 5.41) is 7.71. The SMILES string of the molecule is CC[C@@H](C)Nc1nc(Nc2cc(Cl)ccc2Cl)cc(-c2ccncc2)n1. The van der Waals surface area contributed by atoms with Gasteiger partial charge < -0.3 is 10.6 Å². The van der Waals surface area contributed by atoms with Gasteiger partial charge in [-0.25, -0.2) is 4.98 Å². The van der Waals surface area contributed by atoms with Gasteiger partial charge in [0.2, 0.25) is 5.95 Å². The van der Waals surface area contributed by atoms with Crippen LogP contribution in [0, 0.1) is 0 Å². The summed E-state index contributed by atoms with van der Waals surface area (Å²) >= 11 is 12.3. The third kappa shape index (κ3) is 4.62.